The van der Waals surface area contributed by atoms with Crippen LogP contribution in [0.5, 0.6) is 5.75 Å². The number of benzene rings is 1. The van der Waals surface area contributed by atoms with Gasteiger partial charge in [0.05, 0.1) is 12.3 Å². The molecule has 0 fully saturated rings. The Morgan fingerprint density at radius 3 is 2.95 bits per heavy atom. The van der Waals surface area contributed by atoms with Crippen molar-refractivity contribution < 1.29 is 9.53 Å². The van der Waals surface area contributed by atoms with Crippen LogP contribution < -0.4 is 4.74 Å². The first-order valence-corrected chi connectivity index (χ1v) is 7.75. The van der Waals surface area contributed by atoms with Crippen LogP contribution in [0.1, 0.15) is 23.1 Å². The fourth-order valence-electron chi connectivity index (χ4n) is 2.09. The topological polar surface area (TPSA) is 67.9 Å². The van der Waals surface area contributed by atoms with Crippen LogP contribution in [0.2, 0.25) is 0 Å². The molecule has 0 bridgehead atoms. The van der Waals surface area contributed by atoms with E-state index in [1.54, 1.807) is 12.3 Å². The van der Waals surface area contributed by atoms with Gasteiger partial charge in [-0.25, -0.2) is 9.97 Å². The predicted molar refractivity (Wildman–Crippen MR) is 86.4 cm³/mol. The molecule has 0 unspecified atom stereocenters. The van der Waals surface area contributed by atoms with E-state index in [9.17, 15) is 4.79 Å². The summed E-state index contributed by atoms with van der Waals surface area (Å²) in [6, 6.07) is 9.35. The average molecular weight is 313 g/mol. The molecule has 0 aliphatic carbocycles. The number of hydrogen-bond acceptors (Lipinski definition) is 5. The fraction of sp³-hybridized carbons (Fsp3) is 0.188. The summed E-state index contributed by atoms with van der Waals surface area (Å²) in [6.07, 6.45) is 1.65. The van der Waals surface area contributed by atoms with Crippen molar-refractivity contribution in [1.82, 2.24) is 15.0 Å². The molecule has 0 aliphatic heterocycles. The molecule has 5 nitrogen and oxygen atoms in total. The van der Waals surface area contributed by atoms with E-state index in [1.807, 2.05) is 38.1 Å². The van der Waals surface area contributed by atoms with Gasteiger partial charge in [0.2, 0.25) is 5.12 Å². The van der Waals surface area contributed by atoms with Crippen molar-refractivity contribution in [3.63, 3.8) is 0 Å². The number of aryl methyl sites for hydroxylation is 1. The Morgan fingerprint density at radius 1 is 1.32 bits per heavy atom. The van der Waals surface area contributed by atoms with E-state index in [0.29, 0.717) is 17.5 Å². The molecular formula is C16H15N3O2S. The number of carbonyl (C=O) groups excluding carboxylic acids is 1. The van der Waals surface area contributed by atoms with Crippen LogP contribution in [-0.4, -0.2) is 26.7 Å². The Bertz CT molecular complexity index is 829. The van der Waals surface area contributed by atoms with Gasteiger partial charge in [-0.05, 0) is 49.9 Å². The van der Waals surface area contributed by atoms with Gasteiger partial charge < -0.3 is 9.72 Å². The highest BCUT2D eigenvalue weighted by Gasteiger charge is 2.13. The molecule has 6 heteroatoms. The normalized spacial score (nSPS) is 10.8. The SMILES string of the molecule is CCOc1ccc2cc(C(=O)Sc3nccc(C)n3)[nH]c2c1. The Balaban J connectivity index is 1.84. The maximum atomic E-state index is 12.3. The van der Waals surface area contributed by atoms with Crippen molar-refractivity contribution >= 4 is 27.8 Å². The summed E-state index contributed by atoms with van der Waals surface area (Å²) in [5, 5.41) is 1.32. The monoisotopic (exact) mass is 313 g/mol. The zero-order chi connectivity index (χ0) is 15.5. The van der Waals surface area contributed by atoms with E-state index in [1.165, 1.54) is 0 Å². The van der Waals surface area contributed by atoms with Gasteiger partial charge in [-0.1, -0.05) is 0 Å². The van der Waals surface area contributed by atoms with Gasteiger partial charge in [-0.3, -0.25) is 4.79 Å². The number of H-pyrrole nitrogens is 1. The number of ether oxygens (including phenoxy) is 1. The standard InChI is InChI=1S/C16H15N3O2S/c1-3-21-12-5-4-11-8-14(19-13(11)9-12)15(20)22-16-17-7-6-10(2)18-16/h4-9,19H,3H2,1-2H3. The van der Waals surface area contributed by atoms with Crippen molar-refractivity contribution in [3.8, 4) is 5.75 Å². The first kappa shape index (κ1) is 14.6. The van der Waals surface area contributed by atoms with Gasteiger partial charge >= 0.3 is 0 Å². The van der Waals surface area contributed by atoms with Crippen LogP contribution in [0.4, 0.5) is 0 Å². The van der Waals surface area contributed by atoms with Gasteiger partial charge in [0.25, 0.3) is 0 Å². The van der Waals surface area contributed by atoms with Crippen LogP contribution in [0.25, 0.3) is 10.9 Å². The van der Waals surface area contributed by atoms with Gasteiger partial charge in [0.1, 0.15) is 5.75 Å². The lowest BCUT2D eigenvalue weighted by Gasteiger charge is -2.01. The molecule has 0 amide bonds. The first-order valence-electron chi connectivity index (χ1n) is 6.93. The summed E-state index contributed by atoms with van der Waals surface area (Å²) < 4.78 is 5.46. The molecule has 2 aromatic heterocycles. The van der Waals surface area contributed by atoms with Crippen molar-refractivity contribution in [2.24, 2.45) is 0 Å². The highest BCUT2D eigenvalue weighted by molar-refractivity contribution is 8.14. The molecule has 3 rings (SSSR count). The second-order valence-corrected chi connectivity index (χ2v) is 5.68. The second-order valence-electron chi connectivity index (χ2n) is 4.74. The van der Waals surface area contributed by atoms with E-state index in [4.69, 9.17) is 4.74 Å². The highest BCUT2D eigenvalue weighted by atomic mass is 32.2. The number of hydrogen-bond donors (Lipinski definition) is 1. The van der Waals surface area contributed by atoms with Crippen molar-refractivity contribution in [2.75, 3.05) is 6.61 Å². The summed E-state index contributed by atoms with van der Waals surface area (Å²) in [6.45, 7) is 4.42. The summed E-state index contributed by atoms with van der Waals surface area (Å²) in [5.74, 6) is 0.783. The lowest BCUT2D eigenvalue weighted by molar-refractivity contribution is 0.108. The molecule has 0 radical (unpaired) electrons. The summed E-state index contributed by atoms with van der Waals surface area (Å²) in [4.78, 5) is 23.8. The van der Waals surface area contributed by atoms with E-state index >= 15 is 0 Å². The lowest BCUT2D eigenvalue weighted by atomic mass is 10.2. The minimum Gasteiger partial charge on any atom is -0.494 e. The number of fused-ring (bicyclic) bond motifs is 1. The fourth-order valence-corrected chi connectivity index (χ4v) is 2.77. The molecule has 112 valence electrons. The van der Waals surface area contributed by atoms with Crippen LogP contribution in [0.3, 0.4) is 0 Å². The minimum atomic E-state index is -0.111. The molecule has 3 aromatic rings. The van der Waals surface area contributed by atoms with Crippen molar-refractivity contribution in [2.45, 2.75) is 19.0 Å². The number of rotatable bonds is 4. The van der Waals surface area contributed by atoms with Gasteiger partial charge in [-0.15, -0.1) is 0 Å². The molecule has 2 heterocycles. The molecule has 0 saturated heterocycles. The average Bonchev–Trinajstić information content (AvgIpc) is 2.91. The van der Waals surface area contributed by atoms with Crippen LogP contribution in [-0.2, 0) is 0 Å². The maximum Gasteiger partial charge on any atom is 0.243 e. The number of carbonyl (C=O) groups is 1. The summed E-state index contributed by atoms with van der Waals surface area (Å²) in [7, 11) is 0. The molecule has 0 spiro atoms. The number of nitrogens with one attached hydrogen (secondary N) is 1. The largest absolute Gasteiger partial charge is 0.494 e. The molecule has 0 atom stereocenters. The van der Waals surface area contributed by atoms with E-state index in [0.717, 1.165) is 34.1 Å². The number of aromatic nitrogens is 3. The number of thioether (sulfide) groups is 1. The minimum absolute atomic E-state index is 0.111. The molecule has 0 saturated carbocycles. The predicted octanol–water partition coefficient (Wildman–Crippen LogP) is 3.60. The van der Waals surface area contributed by atoms with Crippen molar-refractivity contribution in [3.05, 3.63) is 47.9 Å². The van der Waals surface area contributed by atoms with Gasteiger partial charge in [-0.2, -0.15) is 0 Å². The molecule has 0 aliphatic rings. The third-order valence-corrected chi connectivity index (χ3v) is 3.87. The maximum absolute atomic E-state index is 12.3. The number of nitrogens with zero attached hydrogens (tertiary/aromatic N) is 2. The van der Waals surface area contributed by atoms with Crippen LogP contribution >= 0.6 is 11.8 Å². The van der Waals surface area contributed by atoms with Gasteiger partial charge in [0, 0.05) is 28.9 Å². The van der Waals surface area contributed by atoms with E-state index in [-0.39, 0.29) is 5.12 Å². The highest BCUT2D eigenvalue weighted by Crippen LogP contribution is 2.25. The van der Waals surface area contributed by atoms with E-state index in [2.05, 4.69) is 15.0 Å². The molecule has 1 aromatic carbocycles. The summed E-state index contributed by atoms with van der Waals surface area (Å²) >= 11 is 1.02. The third-order valence-electron chi connectivity index (χ3n) is 3.08. The molecule has 22 heavy (non-hydrogen) atoms. The molecule has 1 N–H and O–H groups in total. The zero-order valence-electron chi connectivity index (χ0n) is 12.3. The Labute approximate surface area is 132 Å². The first-order chi connectivity index (χ1) is 10.7. The zero-order valence-corrected chi connectivity index (χ0v) is 13.1. The Hall–Kier alpha value is -2.34. The van der Waals surface area contributed by atoms with Crippen molar-refractivity contribution in [1.29, 1.82) is 0 Å². The Kier molecular flexibility index (Phi) is 4.11. The van der Waals surface area contributed by atoms with Crippen LogP contribution in [0, 0.1) is 6.92 Å². The van der Waals surface area contributed by atoms with E-state index < -0.39 is 0 Å². The number of aromatic amines is 1. The molecular weight excluding hydrogens is 298 g/mol. The second kappa shape index (κ2) is 6.19. The quantitative estimate of drug-likeness (QED) is 0.589. The lowest BCUT2D eigenvalue weighted by Crippen LogP contribution is -1.96. The smallest absolute Gasteiger partial charge is 0.243 e. The third kappa shape index (κ3) is 3.12. The Morgan fingerprint density at radius 2 is 2.18 bits per heavy atom. The van der Waals surface area contributed by atoms with Crippen LogP contribution in [0.15, 0.2) is 41.7 Å². The van der Waals surface area contributed by atoms with Gasteiger partial charge in [0.15, 0.2) is 5.16 Å². The summed E-state index contributed by atoms with van der Waals surface area (Å²) in [5.41, 5.74) is 2.24.